The van der Waals surface area contributed by atoms with Crippen molar-refractivity contribution in [3.05, 3.63) is 35.9 Å². The van der Waals surface area contributed by atoms with Gasteiger partial charge in [-0.25, -0.2) is 4.68 Å². The van der Waals surface area contributed by atoms with Gasteiger partial charge in [0.05, 0.1) is 17.3 Å². The van der Waals surface area contributed by atoms with Crippen molar-refractivity contribution in [1.82, 2.24) is 9.78 Å². The normalized spacial score (nSPS) is 9.80. The maximum atomic E-state index is 8.75. The lowest BCUT2D eigenvalue weighted by atomic mass is 10.2. The fourth-order valence-corrected chi connectivity index (χ4v) is 1.33. The SMILES string of the molecule is N#Cc1cccc(-n2nc(N)cc2N)c1. The largest absolute Gasteiger partial charge is 0.384 e. The molecular weight excluding hydrogens is 190 g/mol. The van der Waals surface area contributed by atoms with Crippen LogP contribution >= 0.6 is 0 Å². The number of anilines is 2. The fraction of sp³-hybridized carbons (Fsp3) is 0. The zero-order valence-electron chi connectivity index (χ0n) is 7.88. The molecule has 2 aromatic rings. The van der Waals surface area contributed by atoms with Gasteiger partial charge in [0.25, 0.3) is 0 Å². The number of nitrogens with two attached hydrogens (primary N) is 2. The summed E-state index contributed by atoms with van der Waals surface area (Å²) in [5, 5.41) is 12.8. The molecule has 2 rings (SSSR count). The van der Waals surface area contributed by atoms with E-state index in [2.05, 4.69) is 11.2 Å². The monoisotopic (exact) mass is 199 g/mol. The molecule has 0 aliphatic carbocycles. The summed E-state index contributed by atoms with van der Waals surface area (Å²) in [5.41, 5.74) is 12.5. The van der Waals surface area contributed by atoms with Gasteiger partial charge in [-0.3, -0.25) is 0 Å². The molecule has 4 N–H and O–H groups in total. The van der Waals surface area contributed by atoms with Crippen LogP contribution < -0.4 is 11.5 Å². The van der Waals surface area contributed by atoms with E-state index >= 15 is 0 Å². The van der Waals surface area contributed by atoms with E-state index in [1.165, 1.54) is 4.68 Å². The maximum absolute atomic E-state index is 8.75. The van der Waals surface area contributed by atoms with E-state index in [-0.39, 0.29) is 0 Å². The van der Waals surface area contributed by atoms with E-state index in [0.717, 1.165) is 5.69 Å². The molecule has 15 heavy (non-hydrogen) atoms. The number of nitrogen functional groups attached to an aromatic ring is 2. The third kappa shape index (κ3) is 1.60. The third-order valence-electron chi connectivity index (χ3n) is 1.98. The Morgan fingerprint density at radius 2 is 2.07 bits per heavy atom. The van der Waals surface area contributed by atoms with Gasteiger partial charge >= 0.3 is 0 Å². The van der Waals surface area contributed by atoms with Crippen LogP contribution in [0.15, 0.2) is 30.3 Å². The Labute approximate surface area is 86.5 Å². The van der Waals surface area contributed by atoms with Crippen molar-refractivity contribution in [1.29, 1.82) is 5.26 Å². The lowest BCUT2D eigenvalue weighted by Crippen LogP contribution is -2.02. The zero-order chi connectivity index (χ0) is 10.8. The first-order valence-electron chi connectivity index (χ1n) is 4.32. The summed E-state index contributed by atoms with van der Waals surface area (Å²) in [4.78, 5) is 0. The summed E-state index contributed by atoms with van der Waals surface area (Å²) in [7, 11) is 0. The van der Waals surface area contributed by atoms with Crippen molar-refractivity contribution in [3.63, 3.8) is 0 Å². The number of rotatable bonds is 1. The molecule has 5 heteroatoms. The number of aromatic nitrogens is 2. The average Bonchev–Trinajstić information content (AvgIpc) is 2.58. The van der Waals surface area contributed by atoms with Crippen LogP contribution in [0.5, 0.6) is 0 Å². The molecule has 0 spiro atoms. The highest BCUT2D eigenvalue weighted by Gasteiger charge is 2.04. The molecule has 5 nitrogen and oxygen atoms in total. The van der Waals surface area contributed by atoms with Crippen LogP contribution in [0, 0.1) is 11.3 Å². The van der Waals surface area contributed by atoms with Crippen molar-refractivity contribution in [2.24, 2.45) is 0 Å². The van der Waals surface area contributed by atoms with Crippen molar-refractivity contribution >= 4 is 11.6 Å². The third-order valence-corrected chi connectivity index (χ3v) is 1.98. The highest BCUT2D eigenvalue weighted by atomic mass is 15.3. The van der Waals surface area contributed by atoms with Crippen LogP contribution in [0.4, 0.5) is 11.6 Å². The van der Waals surface area contributed by atoms with Gasteiger partial charge < -0.3 is 11.5 Å². The van der Waals surface area contributed by atoms with Crippen molar-refractivity contribution in [2.75, 3.05) is 11.5 Å². The highest BCUT2D eigenvalue weighted by molar-refractivity contribution is 5.50. The van der Waals surface area contributed by atoms with Gasteiger partial charge in [0.15, 0.2) is 0 Å². The van der Waals surface area contributed by atoms with Crippen molar-refractivity contribution < 1.29 is 0 Å². The minimum Gasteiger partial charge on any atom is -0.384 e. The first-order chi connectivity index (χ1) is 7.20. The van der Waals surface area contributed by atoms with Gasteiger partial charge in [-0.2, -0.15) is 5.26 Å². The second kappa shape index (κ2) is 3.35. The molecule has 0 atom stereocenters. The Morgan fingerprint density at radius 3 is 2.67 bits per heavy atom. The van der Waals surface area contributed by atoms with Gasteiger partial charge in [-0.15, -0.1) is 5.10 Å². The van der Waals surface area contributed by atoms with Crippen LogP contribution in [0.1, 0.15) is 5.56 Å². The Bertz CT molecular complexity index is 535. The molecule has 1 aromatic heterocycles. The smallest absolute Gasteiger partial charge is 0.148 e. The van der Waals surface area contributed by atoms with E-state index in [0.29, 0.717) is 17.2 Å². The summed E-state index contributed by atoms with van der Waals surface area (Å²) in [5.74, 6) is 0.803. The number of nitrogens with zero attached hydrogens (tertiary/aromatic N) is 3. The predicted molar refractivity (Wildman–Crippen MR) is 57.1 cm³/mol. The van der Waals surface area contributed by atoms with E-state index in [1.54, 1.807) is 24.3 Å². The Balaban J connectivity index is 2.55. The van der Waals surface area contributed by atoms with Gasteiger partial charge in [0, 0.05) is 6.07 Å². The van der Waals surface area contributed by atoms with Crippen LogP contribution in [0.25, 0.3) is 5.69 Å². The predicted octanol–water partition coefficient (Wildman–Crippen LogP) is 0.908. The van der Waals surface area contributed by atoms with E-state index in [1.807, 2.05) is 6.07 Å². The number of benzene rings is 1. The minimum atomic E-state index is 0.356. The average molecular weight is 199 g/mol. The van der Waals surface area contributed by atoms with Crippen molar-refractivity contribution in [3.8, 4) is 11.8 Å². The molecular formula is C10H9N5. The van der Waals surface area contributed by atoms with E-state index in [4.69, 9.17) is 16.7 Å². The molecule has 1 aromatic carbocycles. The lowest BCUT2D eigenvalue weighted by molar-refractivity contribution is 0.896. The first-order valence-corrected chi connectivity index (χ1v) is 4.32. The van der Waals surface area contributed by atoms with Crippen LogP contribution in [0.3, 0.4) is 0 Å². The van der Waals surface area contributed by atoms with Crippen LogP contribution in [-0.2, 0) is 0 Å². The molecule has 1 heterocycles. The molecule has 0 unspecified atom stereocenters. The summed E-state index contributed by atoms with van der Waals surface area (Å²) in [6, 6.07) is 10.6. The first kappa shape index (κ1) is 9.09. The molecule has 0 aliphatic rings. The quantitative estimate of drug-likeness (QED) is 0.713. The van der Waals surface area contributed by atoms with E-state index in [9.17, 15) is 0 Å². The van der Waals surface area contributed by atoms with Gasteiger partial charge in [-0.05, 0) is 18.2 Å². The molecule has 0 amide bonds. The summed E-state index contributed by atoms with van der Waals surface area (Å²) >= 11 is 0. The van der Waals surface area contributed by atoms with E-state index < -0.39 is 0 Å². The second-order valence-corrected chi connectivity index (χ2v) is 3.07. The lowest BCUT2D eigenvalue weighted by Gasteiger charge is -2.03. The minimum absolute atomic E-state index is 0.356. The van der Waals surface area contributed by atoms with Crippen LogP contribution in [0.2, 0.25) is 0 Å². The Kier molecular flexibility index (Phi) is 2.03. The maximum Gasteiger partial charge on any atom is 0.148 e. The molecule has 74 valence electrons. The standard InChI is InChI=1S/C10H9N5/c11-6-7-2-1-3-8(4-7)15-10(13)5-9(12)14-15/h1-5H,13H2,(H2,12,14). The number of nitriles is 1. The van der Waals surface area contributed by atoms with Crippen LogP contribution in [-0.4, -0.2) is 9.78 Å². The Morgan fingerprint density at radius 1 is 1.27 bits per heavy atom. The Hall–Kier alpha value is -2.48. The summed E-state index contributed by atoms with van der Waals surface area (Å²) in [6.07, 6.45) is 0. The van der Waals surface area contributed by atoms with Gasteiger partial charge in [0.2, 0.25) is 0 Å². The molecule has 0 saturated heterocycles. The fourth-order valence-electron chi connectivity index (χ4n) is 1.33. The summed E-state index contributed by atoms with van der Waals surface area (Å²) in [6.45, 7) is 0. The highest BCUT2D eigenvalue weighted by Crippen LogP contribution is 2.16. The number of hydrogen-bond donors (Lipinski definition) is 2. The molecule has 0 saturated carbocycles. The van der Waals surface area contributed by atoms with Crippen molar-refractivity contribution in [2.45, 2.75) is 0 Å². The molecule has 0 aliphatic heterocycles. The van der Waals surface area contributed by atoms with Gasteiger partial charge in [-0.1, -0.05) is 6.07 Å². The molecule has 0 bridgehead atoms. The summed E-state index contributed by atoms with van der Waals surface area (Å²) < 4.78 is 1.50. The molecule has 0 fully saturated rings. The molecule has 0 radical (unpaired) electrons. The zero-order valence-corrected chi connectivity index (χ0v) is 7.88. The number of hydrogen-bond acceptors (Lipinski definition) is 4. The topological polar surface area (TPSA) is 93.6 Å². The van der Waals surface area contributed by atoms with Gasteiger partial charge in [0.1, 0.15) is 11.6 Å². The second-order valence-electron chi connectivity index (χ2n) is 3.07.